The molecule has 0 fully saturated rings. The quantitative estimate of drug-likeness (QED) is 0.552. The Kier molecular flexibility index (Phi) is 6.00. The van der Waals surface area contributed by atoms with Crippen LogP contribution in [0.5, 0.6) is 0 Å². The van der Waals surface area contributed by atoms with Gasteiger partial charge in [-0.15, -0.1) is 0 Å². The highest BCUT2D eigenvalue weighted by Crippen LogP contribution is 2.21. The Morgan fingerprint density at radius 1 is 1.17 bits per heavy atom. The van der Waals surface area contributed by atoms with Crippen LogP contribution in [0.1, 0.15) is 31.2 Å². The number of fused-ring (bicyclic) bond motifs is 1. The molecule has 0 amide bonds. The van der Waals surface area contributed by atoms with Gasteiger partial charge in [0.25, 0.3) is 0 Å². The first-order valence-corrected chi connectivity index (χ1v) is 10.6. The molecule has 29 heavy (non-hydrogen) atoms. The molecule has 0 saturated heterocycles. The summed E-state index contributed by atoms with van der Waals surface area (Å²) in [6, 6.07) is 6.44. The molecule has 0 saturated carbocycles. The molecular weight excluding hydrogens is 362 g/mol. The second-order valence-corrected chi connectivity index (χ2v) is 8.26. The predicted molar refractivity (Wildman–Crippen MR) is 117 cm³/mol. The molecule has 0 N–H and O–H groups in total. The van der Waals surface area contributed by atoms with E-state index < -0.39 is 0 Å². The monoisotopic (exact) mass is 393 g/mol. The lowest BCUT2D eigenvalue weighted by Gasteiger charge is -2.28. The minimum atomic E-state index is 0.0309. The van der Waals surface area contributed by atoms with Gasteiger partial charge in [0.05, 0.1) is 17.4 Å². The highest BCUT2D eigenvalue weighted by molar-refractivity contribution is 5.76. The number of hydrogen-bond acceptors (Lipinski definition) is 3. The normalized spacial score (nSPS) is 16.9. The molecule has 0 radical (unpaired) electrons. The van der Waals surface area contributed by atoms with Crippen LogP contribution in [-0.4, -0.2) is 36.7 Å². The second kappa shape index (κ2) is 8.82. The lowest BCUT2D eigenvalue weighted by atomic mass is 9.93. The lowest BCUT2D eigenvalue weighted by molar-refractivity contribution is 0.209. The van der Waals surface area contributed by atoms with Crippen LogP contribution in [0.25, 0.3) is 11.0 Å². The van der Waals surface area contributed by atoms with Gasteiger partial charge in [-0.2, -0.15) is 0 Å². The number of benzene rings is 1. The fourth-order valence-electron chi connectivity index (χ4n) is 4.43. The van der Waals surface area contributed by atoms with E-state index in [1.807, 2.05) is 32.8 Å². The molecule has 154 valence electrons. The molecule has 0 bridgehead atoms. The molecule has 3 aromatic rings. The van der Waals surface area contributed by atoms with Gasteiger partial charge in [-0.25, -0.2) is 9.78 Å². The summed E-state index contributed by atoms with van der Waals surface area (Å²) in [5.74, 6) is 0.734. The maximum Gasteiger partial charge on any atom is 0.328 e. The fraction of sp³-hybridized carbons (Fsp3) is 0.478. The number of aromatic nitrogens is 4. The molecule has 1 unspecified atom stereocenters. The van der Waals surface area contributed by atoms with Gasteiger partial charge in [0.1, 0.15) is 0 Å². The fourth-order valence-corrected chi connectivity index (χ4v) is 4.43. The third kappa shape index (κ3) is 4.53. The van der Waals surface area contributed by atoms with Gasteiger partial charge in [0.2, 0.25) is 0 Å². The number of hydrogen-bond donors (Lipinski definition) is 0. The largest absolute Gasteiger partial charge is 0.337 e. The summed E-state index contributed by atoms with van der Waals surface area (Å²) in [4.78, 5) is 19.0. The van der Waals surface area contributed by atoms with Gasteiger partial charge in [-0.1, -0.05) is 18.2 Å². The average Bonchev–Trinajstić information content (AvgIpc) is 3.32. The van der Waals surface area contributed by atoms with E-state index in [0.717, 1.165) is 49.6 Å². The van der Waals surface area contributed by atoms with E-state index in [2.05, 4.69) is 44.8 Å². The van der Waals surface area contributed by atoms with E-state index >= 15 is 0 Å². The van der Waals surface area contributed by atoms with E-state index in [9.17, 15) is 4.79 Å². The summed E-state index contributed by atoms with van der Waals surface area (Å²) in [7, 11) is 3.69. The van der Waals surface area contributed by atoms with Gasteiger partial charge in [0.15, 0.2) is 0 Å². The van der Waals surface area contributed by atoms with Crippen LogP contribution in [0.4, 0.5) is 0 Å². The van der Waals surface area contributed by atoms with Crippen LogP contribution in [0.3, 0.4) is 0 Å². The topological polar surface area (TPSA) is 48.0 Å². The Balaban J connectivity index is 1.48. The number of nitrogens with zero attached hydrogens (tertiary/aromatic N) is 5. The molecule has 1 atom stereocenters. The van der Waals surface area contributed by atoms with Crippen molar-refractivity contribution in [3.8, 4) is 0 Å². The van der Waals surface area contributed by atoms with Crippen molar-refractivity contribution in [1.82, 2.24) is 23.6 Å². The maximum absolute atomic E-state index is 12.2. The van der Waals surface area contributed by atoms with Crippen molar-refractivity contribution in [2.45, 2.75) is 38.8 Å². The first-order chi connectivity index (χ1) is 14.1. The highest BCUT2D eigenvalue weighted by atomic mass is 16.1. The smallest absolute Gasteiger partial charge is 0.328 e. The molecule has 6 heteroatoms. The highest BCUT2D eigenvalue weighted by Gasteiger charge is 2.16. The Morgan fingerprint density at radius 3 is 2.79 bits per heavy atom. The van der Waals surface area contributed by atoms with Crippen molar-refractivity contribution < 1.29 is 0 Å². The number of rotatable bonds is 8. The van der Waals surface area contributed by atoms with E-state index in [0.29, 0.717) is 0 Å². The van der Waals surface area contributed by atoms with Crippen molar-refractivity contribution in [3.63, 3.8) is 0 Å². The van der Waals surface area contributed by atoms with Crippen molar-refractivity contribution in [2.75, 3.05) is 13.1 Å². The molecule has 6 nitrogen and oxygen atoms in total. The molecular formula is C23H31N5O. The zero-order valence-corrected chi connectivity index (χ0v) is 17.5. The van der Waals surface area contributed by atoms with E-state index in [4.69, 9.17) is 0 Å². The minimum Gasteiger partial charge on any atom is -0.337 e. The van der Waals surface area contributed by atoms with Crippen molar-refractivity contribution >= 4 is 11.0 Å². The van der Waals surface area contributed by atoms with Crippen LogP contribution in [-0.2, 0) is 27.2 Å². The molecule has 2 heterocycles. The molecule has 1 aromatic carbocycles. The van der Waals surface area contributed by atoms with Crippen LogP contribution in [0, 0.1) is 5.92 Å². The van der Waals surface area contributed by atoms with Gasteiger partial charge in [-0.05, 0) is 49.3 Å². The van der Waals surface area contributed by atoms with Gasteiger partial charge in [-0.3, -0.25) is 14.0 Å². The number of allylic oxidation sites excluding steroid dienone is 2. The van der Waals surface area contributed by atoms with E-state index in [-0.39, 0.29) is 5.69 Å². The Bertz CT molecular complexity index is 1030. The zero-order valence-electron chi connectivity index (χ0n) is 17.5. The van der Waals surface area contributed by atoms with E-state index in [1.54, 1.807) is 9.13 Å². The van der Waals surface area contributed by atoms with Gasteiger partial charge >= 0.3 is 5.69 Å². The van der Waals surface area contributed by atoms with Crippen LogP contribution < -0.4 is 5.69 Å². The molecule has 1 aliphatic carbocycles. The van der Waals surface area contributed by atoms with Gasteiger partial charge in [0, 0.05) is 52.7 Å². The lowest BCUT2D eigenvalue weighted by Crippen LogP contribution is -2.31. The first kappa shape index (κ1) is 19.7. The summed E-state index contributed by atoms with van der Waals surface area (Å²) in [5, 5.41) is 0. The summed E-state index contributed by atoms with van der Waals surface area (Å²) < 4.78 is 5.61. The molecule has 1 aliphatic rings. The zero-order chi connectivity index (χ0) is 20.2. The Hall–Kier alpha value is -2.60. The summed E-state index contributed by atoms with van der Waals surface area (Å²) in [6.07, 6.45) is 15.2. The second-order valence-electron chi connectivity index (χ2n) is 8.26. The summed E-state index contributed by atoms with van der Waals surface area (Å²) in [5.41, 5.74) is 3.30. The molecule has 0 aliphatic heterocycles. The Labute approximate surface area is 172 Å². The summed E-state index contributed by atoms with van der Waals surface area (Å²) >= 11 is 0. The van der Waals surface area contributed by atoms with Crippen LogP contribution in [0.15, 0.2) is 53.9 Å². The van der Waals surface area contributed by atoms with Crippen molar-refractivity contribution in [2.24, 2.45) is 20.0 Å². The van der Waals surface area contributed by atoms with Crippen LogP contribution >= 0.6 is 0 Å². The SMILES string of the molecule is Cn1c(=O)n(C)c2cc(CN(CCCn3ccnc3)CC3CC=CCC3)ccc21. The molecule has 0 spiro atoms. The third-order valence-corrected chi connectivity index (χ3v) is 6.09. The number of imidazole rings is 2. The Morgan fingerprint density at radius 2 is 2.03 bits per heavy atom. The van der Waals surface area contributed by atoms with E-state index in [1.165, 1.54) is 24.8 Å². The van der Waals surface area contributed by atoms with Crippen LogP contribution in [0.2, 0.25) is 0 Å². The molecule has 2 aromatic heterocycles. The third-order valence-electron chi connectivity index (χ3n) is 6.09. The van der Waals surface area contributed by atoms with Crippen molar-refractivity contribution in [3.05, 3.63) is 65.1 Å². The maximum atomic E-state index is 12.2. The molecule has 4 rings (SSSR count). The van der Waals surface area contributed by atoms with Gasteiger partial charge < -0.3 is 4.57 Å². The summed E-state index contributed by atoms with van der Waals surface area (Å²) in [6.45, 7) is 4.10. The van der Waals surface area contributed by atoms with Crippen molar-refractivity contribution in [1.29, 1.82) is 0 Å². The average molecular weight is 394 g/mol. The first-order valence-electron chi connectivity index (χ1n) is 10.6. The standard InChI is InChI=1S/C23H31N5O/c1-25-21-10-9-20(15-22(21)26(2)23(25)29)17-28(16-19-7-4-3-5-8-19)13-6-12-27-14-11-24-18-27/h3-4,9-11,14-15,18-19H,5-8,12-13,16-17H2,1-2H3. The minimum absolute atomic E-state index is 0.0309. The number of aryl methyl sites for hydroxylation is 3. The predicted octanol–water partition coefficient (Wildman–Crippen LogP) is 3.32.